The van der Waals surface area contributed by atoms with Crippen LogP contribution < -0.4 is 15.0 Å². The van der Waals surface area contributed by atoms with Crippen molar-refractivity contribution in [3.05, 3.63) is 53.6 Å². The van der Waals surface area contributed by atoms with Crippen molar-refractivity contribution in [1.82, 2.24) is 0 Å². The molecule has 1 atom stereocenters. The van der Waals surface area contributed by atoms with Gasteiger partial charge < -0.3 is 15.0 Å². The number of carbonyl (C=O) groups excluding carboxylic acids is 2. The molecule has 1 aliphatic rings. The van der Waals surface area contributed by atoms with Crippen molar-refractivity contribution in [2.75, 3.05) is 23.9 Å². The summed E-state index contributed by atoms with van der Waals surface area (Å²) in [4.78, 5) is 27.3. The Labute approximate surface area is 160 Å². The van der Waals surface area contributed by atoms with Crippen LogP contribution in [0.3, 0.4) is 0 Å². The third-order valence-corrected chi connectivity index (χ3v) is 5.10. The Balaban J connectivity index is 1.81. The van der Waals surface area contributed by atoms with Crippen LogP contribution in [0.2, 0.25) is 0 Å². The molecule has 142 valence electrons. The summed E-state index contributed by atoms with van der Waals surface area (Å²) in [5, 5.41) is 2.91. The van der Waals surface area contributed by atoms with Gasteiger partial charge in [0.1, 0.15) is 5.75 Å². The quantitative estimate of drug-likeness (QED) is 0.846. The number of hydrogen-bond acceptors (Lipinski definition) is 3. The first kappa shape index (κ1) is 19.0. The largest absolute Gasteiger partial charge is 0.495 e. The number of ether oxygens (including phenoxy) is 1. The van der Waals surface area contributed by atoms with Gasteiger partial charge in [0.25, 0.3) is 0 Å². The van der Waals surface area contributed by atoms with Gasteiger partial charge in [-0.2, -0.15) is 0 Å². The van der Waals surface area contributed by atoms with Crippen LogP contribution in [-0.2, 0) is 22.4 Å². The molecule has 5 heteroatoms. The minimum absolute atomic E-state index is 0.00535. The van der Waals surface area contributed by atoms with Gasteiger partial charge in [-0.05, 0) is 36.1 Å². The summed E-state index contributed by atoms with van der Waals surface area (Å²) in [6.07, 6.45) is 1.93. The summed E-state index contributed by atoms with van der Waals surface area (Å²) in [5.74, 6) is 0.0850. The molecular weight excluding hydrogens is 340 g/mol. The highest BCUT2D eigenvalue weighted by molar-refractivity contribution is 6.04. The van der Waals surface area contributed by atoms with E-state index >= 15 is 0 Å². The summed E-state index contributed by atoms with van der Waals surface area (Å²) in [5.41, 5.74) is 3.90. The van der Waals surface area contributed by atoms with E-state index in [1.807, 2.05) is 18.2 Å². The van der Waals surface area contributed by atoms with E-state index < -0.39 is 0 Å². The van der Waals surface area contributed by atoms with Crippen LogP contribution in [0.4, 0.5) is 11.4 Å². The van der Waals surface area contributed by atoms with Crippen molar-refractivity contribution in [3.63, 3.8) is 0 Å². The number of carbonyl (C=O) groups is 2. The van der Waals surface area contributed by atoms with Crippen molar-refractivity contribution in [3.8, 4) is 5.75 Å². The highest BCUT2D eigenvalue weighted by Gasteiger charge is 2.36. The van der Waals surface area contributed by atoms with Crippen LogP contribution in [0.15, 0.2) is 42.5 Å². The predicted molar refractivity (Wildman–Crippen MR) is 107 cm³/mol. The summed E-state index contributed by atoms with van der Waals surface area (Å²) in [6.45, 7) is 4.58. The van der Waals surface area contributed by atoms with E-state index in [-0.39, 0.29) is 24.2 Å². The molecule has 0 bridgehead atoms. The summed E-state index contributed by atoms with van der Waals surface area (Å²) >= 11 is 0. The highest BCUT2D eigenvalue weighted by Crippen LogP contribution is 2.33. The van der Waals surface area contributed by atoms with Gasteiger partial charge in [0.05, 0.1) is 18.7 Å². The highest BCUT2D eigenvalue weighted by atomic mass is 16.5. The minimum atomic E-state index is -0.378. The molecule has 2 aromatic carbocycles. The average molecular weight is 366 g/mol. The standard InChI is InChI=1S/C22H26N2O3/c1-4-15-9-8-10-16(5-2)21(15)24-14-17(13-20(24)25)22(26)23-18-11-6-7-12-19(18)27-3/h6-12,17H,4-5,13-14H2,1-3H3,(H,23,26)/t17-/m1/s1. The van der Waals surface area contributed by atoms with Crippen molar-refractivity contribution in [2.45, 2.75) is 33.1 Å². The Morgan fingerprint density at radius 3 is 2.41 bits per heavy atom. The third kappa shape index (κ3) is 3.82. The van der Waals surface area contributed by atoms with Crippen molar-refractivity contribution in [2.24, 2.45) is 5.92 Å². The van der Waals surface area contributed by atoms with Crippen LogP contribution in [0.5, 0.6) is 5.75 Å². The number of anilines is 2. The Hall–Kier alpha value is -2.82. The minimum Gasteiger partial charge on any atom is -0.495 e. The lowest BCUT2D eigenvalue weighted by molar-refractivity contribution is -0.122. The molecule has 0 radical (unpaired) electrons. The van der Waals surface area contributed by atoms with Gasteiger partial charge in [0.2, 0.25) is 11.8 Å². The van der Waals surface area contributed by atoms with Gasteiger partial charge >= 0.3 is 0 Å². The van der Waals surface area contributed by atoms with E-state index in [0.717, 1.165) is 29.7 Å². The molecule has 2 amide bonds. The molecule has 5 nitrogen and oxygen atoms in total. The maximum Gasteiger partial charge on any atom is 0.229 e. The van der Waals surface area contributed by atoms with Crippen molar-refractivity contribution < 1.29 is 14.3 Å². The normalized spacial score (nSPS) is 16.5. The fourth-order valence-corrected chi connectivity index (χ4v) is 3.64. The van der Waals surface area contributed by atoms with Gasteiger partial charge in [-0.15, -0.1) is 0 Å². The zero-order valence-corrected chi connectivity index (χ0v) is 16.1. The molecule has 1 aliphatic heterocycles. The van der Waals surface area contributed by atoms with Crippen LogP contribution in [0.25, 0.3) is 0 Å². The van der Waals surface area contributed by atoms with E-state index in [2.05, 4.69) is 31.3 Å². The summed E-state index contributed by atoms with van der Waals surface area (Å²) in [7, 11) is 1.57. The zero-order valence-electron chi connectivity index (χ0n) is 16.1. The first-order valence-electron chi connectivity index (χ1n) is 9.44. The second-order valence-electron chi connectivity index (χ2n) is 6.73. The lowest BCUT2D eigenvalue weighted by Crippen LogP contribution is -2.29. The van der Waals surface area contributed by atoms with Crippen LogP contribution in [0, 0.1) is 5.92 Å². The number of aryl methyl sites for hydroxylation is 2. The molecule has 1 saturated heterocycles. The molecule has 1 heterocycles. The van der Waals surface area contributed by atoms with Crippen molar-refractivity contribution >= 4 is 23.2 Å². The van der Waals surface area contributed by atoms with Gasteiger partial charge in [-0.25, -0.2) is 0 Å². The predicted octanol–water partition coefficient (Wildman–Crippen LogP) is 3.81. The van der Waals surface area contributed by atoms with E-state index in [4.69, 9.17) is 4.74 Å². The van der Waals surface area contributed by atoms with Crippen LogP contribution >= 0.6 is 0 Å². The molecular formula is C22H26N2O3. The third-order valence-electron chi connectivity index (χ3n) is 5.10. The lowest BCUT2D eigenvalue weighted by Gasteiger charge is -2.23. The fourth-order valence-electron chi connectivity index (χ4n) is 3.64. The number of hydrogen-bond donors (Lipinski definition) is 1. The summed E-state index contributed by atoms with van der Waals surface area (Å²) in [6, 6.07) is 13.4. The molecule has 0 aromatic heterocycles. The number of rotatable bonds is 6. The molecule has 2 aromatic rings. The maximum atomic E-state index is 12.8. The van der Waals surface area contributed by atoms with E-state index in [0.29, 0.717) is 18.0 Å². The fraction of sp³-hybridized carbons (Fsp3) is 0.364. The summed E-state index contributed by atoms with van der Waals surface area (Å²) < 4.78 is 5.29. The van der Waals surface area contributed by atoms with Gasteiger partial charge in [0, 0.05) is 18.7 Å². The topological polar surface area (TPSA) is 58.6 Å². The SMILES string of the molecule is CCc1cccc(CC)c1N1C[C@H](C(=O)Nc2ccccc2OC)CC1=O. The number of nitrogens with zero attached hydrogens (tertiary/aromatic N) is 1. The Morgan fingerprint density at radius 2 is 1.78 bits per heavy atom. The van der Waals surface area contributed by atoms with Crippen LogP contribution in [0.1, 0.15) is 31.4 Å². The smallest absolute Gasteiger partial charge is 0.229 e. The molecule has 0 spiro atoms. The molecule has 0 unspecified atom stereocenters. The second-order valence-corrected chi connectivity index (χ2v) is 6.73. The Bertz CT molecular complexity index is 825. The lowest BCUT2D eigenvalue weighted by atomic mass is 10.0. The molecule has 1 fully saturated rings. The molecule has 0 saturated carbocycles. The Kier molecular flexibility index (Phi) is 5.79. The van der Waals surface area contributed by atoms with Gasteiger partial charge in [0.15, 0.2) is 0 Å². The van der Waals surface area contributed by atoms with E-state index in [1.54, 1.807) is 24.1 Å². The molecule has 0 aliphatic carbocycles. The molecule has 1 N–H and O–H groups in total. The Morgan fingerprint density at radius 1 is 1.11 bits per heavy atom. The van der Waals surface area contributed by atoms with E-state index in [1.165, 1.54) is 0 Å². The number of methoxy groups -OCH3 is 1. The van der Waals surface area contributed by atoms with E-state index in [9.17, 15) is 9.59 Å². The monoisotopic (exact) mass is 366 g/mol. The molecule has 27 heavy (non-hydrogen) atoms. The number of para-hydroxylation sites is 3. The van der Waals surface area contributed by atoms with Gasteiger partial charge in [-0.1, -0.05) is 44.2 Å². The number of amides is 2. The first-order chi connectivity index (χ1) is 13.1. The zero-order chi connectivity index (χ0) is 19.4. The average Bonchev–Trinajstić information content (AvgIpc) is 3.09. The first-order valence-corrected chi connectivity index (χ1v) is 9.44. The van der Waals surface area contributed by atoms with Crippen LogP contribution in [-0.4, -0.2) is 25.5 Å². The number of nitrogens with one attached hydrogen (secondary N) is 1. The van der Waals surface area contributed by atoms with Gasteiger partial charge in [-0.3, -0.25) is 9.59 Å². The molecule has 3 rings (SSSR count). The second kappa shape index (κ2) is 8.25. The maximum absolute atomic E-state index is 12.8. The number of benzene rings is 2. The van der Waals surface area contributed by atoms with Crippen molar-refractivity contribution in [1.29, 1.82) is 0 Å².